The van der Waals surface area contributed by atoms with E-state index in [1.807, 2.05) is 0 Å². The summed E-state index contributed by atoms with van der Waals surface area (Å²) in [5.41, 5.74) is 3.47. The normalized spacial score (nSPS) is 29.6. The van der Waals surface area contributed by atoms with Crippen molar-refractivity contribution in [1.82, 2.24) is 10.3 Å². The van der Waals surface area contributed by atoms with E-state index in [9.17, 15) is 0 Å². The predicted octanol–water partition coefficient (Wildman–Crippen LogP) is 1.28. The molecule has 21 heavy (non-hydrogen) atoms. The summed E-state index contributed by atoms with van der Waals surface area (Å²) in [7, 11) is 0. The van der Waals surface area contributed by atoms with E-state index in [-0.39, 0.29) is 5.54 Å². The molecule has 0 bridgehead atoms. The monoisotopic (exact) mass is 297 g/mol. The van der Waals surface area contributed by atoms with Gasteiger partial charge in [0.2, 0.25) is 0 Å². The van der Waals surface area contributed by atoms with Crippen LogP contribution in [0.15, 0.2) is 0 Å². The second-order valence-electron chi connectivity index (χ2n) is 6.92. The first-order chi connectivity index (χ1) is 10.3. The van der Waals surface area contributed by atoms with Crippen LogP contribution in [0.3, 0.4) is 0 Å². The van der Waals surface area contributed by atoms with Gasteiger partial charge in [-0.2, -0.15) is 0 Å². The number of ether oxygens (including phenoxy) is 2. The standard InChI is InChI=1S/C16H31N3O2/c17-18-15(13-14-3-9-20-10-4-14)16(5-1-2-6-16)19-7-11-21-12-8-19/h14-15,18H,1-13,17H2. The zero-order chi connectivity index (χ0) is 14.5. The van der Waals surface area contributed by atoms with E-state index < -0.39 is 0 Å². The number of hydrogen-bond donors (Lipinski definition) is 2. The minimum absolute atomic E-state index is 0.261. The maximum atomic E-state index is 6.02. The number of morpholine rings is 1. The molecule has 1 aliphatic carbocycles. The molecule has 3 rings (SSSR count). The van der Waals surface area contributed by atoms with Gasteiger partial charge >= 0.3 is 0 Å². The molecule has 3 aliphatic rings. The van der Waals surface area contributed by atoms with Crippen LogP contribution in [-0.4, -0.2) is 56.0 Å². The Morgan fingerprint density at radius 3 is 2.29 bits per heavy atom. The number of nitrogens with two attached hydrogens (primary N) is 1. The first-order valence-corrected chi connectivity index (χ1v) is 8.72. The zero-order valence-corrected chi connectivity index (χ0v) is 13.2. The lowest BCUT2D eigenvalue weighted by molar-refractivity contribution is -0.0420. The van der Waals surface area contributed by atoms with E-state index in [2.05, 4.69) is 10.3 Å². The molecule has 0 radical (unpaired) electrons. The van der Waals surface area contributed by atoms with Crippen molar-refractivity contribution in [1.29, 1.82) is 0 Å². The maximum absolute atomic E-state index is 6.02. The van der Waals surface area contributed by atoms with Gasteiger partial charge in [-0.1, -0.05) is 12.8 Å². The molecule has 0 amide bonds. The van der Waals surface area contributed by atoms with E-state index in [4.69, 9.17) is 15.3 Å². The fourth-order valence-electron chi connectivity index (χ4n) is 4.64. The summed E-state index contributed by atoms with van der Waals surface area (Å²) in [5.74, 6) is 6.78. The van der Waals surface area contributed by atoms with Gasteiger partial charge in [-0.25, -0.2) is 0 Å². The third-order valence-electron chi connectivity index (χ3n) is 5.87. The first-order valence-electron chi connectivity index (χ1n) is 8.72. The van der Waals surface area contributed by atoms with Crippen LogP contribution in [0, 0.1) is 5.92 Å². The van der Waals surface area contributed by atoms with Crippen LogP contribution in [0.1, 0.15) is 44.9 Å². The molecular weight excluding hydrogens is 266 g/mol. The van der Waals surface area contributed by atoms with Gasteiger partial charge in [0.15, 0.2) is 0 Å². The summed E-state index contributed by atoms with van der Waals surface area (Å²) in [5, 5.41) is 0. The van der Waals surface area contributed by atoms with Gasteiger partial charge in [0.1, 0.15) is 0 Å². The van der Waals surface area contributed by atoms with Gasteiger partial charge in [-0.05, 0) is 38.0 Å². The van der Waals surface area contributed by atoms with Crippen molar-refractivity contribution in [3.8, 4) is 0 Å². The molecule has 5 heteroatoms. The van der Waals surface area contributed by atoms with Crippen LogP contribution in [0.25, 0.3) is 0 Å². The van der Waals surface area contributed by atoms with E-state index in [0.717, 1.165) is 45.4 Å². The smallest absolute Gasteiger partial charge is 0.0594 e. The number of hydrogen-bond acceptors (Lipinski definition) is 5. The fraction of sp³-hybridized carbons (Fsp3) is 1.00. The summed E-state index contributed by atoms with van der Waals surface area (Å²) in [6, 6.07) is 0.404. The Morgan fingerprint density at radius 1 is 1.05 bits per heavy atom. The second-order valence-corrected chi connectivity index (χ2v) is 6.92. The molecule has 2 saturated heterocycles. The largest absolute Gasteiger partial charge is 0.381 e. The van der Waals surface area contributed by atoms with Gasteiger partial charge in [0.05, 0.1) is 13.2 Å². The lowest BCUT2D eigenvalue weighted by Gasteiger charge is -2.49. The number of rotatable bonds is 5. The lowest BCUT2D eigenvalue weighted by atomic mass is 9.79. The summed E-state index contributed by atoms with van der Waals surface area (Å²) in [4.78, 5) is 2.67. The molecule has 0 aromatic heterocycles. The summed E-state index contributed by atoms with van der Waals surface area (Å²) >= 11 is 0. The molecule has 5 nitrogen and oxygen atoms in total. The van der Waals surface area contributed by atoms with Crippen molar-refractivity contribution >= 4 is 0 Å². The van der Waals surface area contributed by atoms with Crippen LogP contribution in [0.2, 0.25) is 0 Å². The Bertz CT molecular complexity index is 309. The highest BCUT2D eigenvalue weighted by atomic mass is 16.5. The molecule has 0 aromatic rings. The highest BCUT2D eigenvalue weighted by molar-refractivity contribution is 5.04. The molecule has 3 N–H and O–H groups in total. The highest BCUT2D eigenvalue weighted by Gasteiger charge is 2.46. The number of nitrogens with one attached hydrogen (secondary N) is 1. The average molecular weight is 297 g/mol. The number of hydrazine groups is 1. The van der Waals surface area contributed by atoms with Crippen LogP contribution in [0.5, 0.6) is 0 Å². The van der Waals surface area contributed by atoms with E-state index in [1.54, 1.807) is 0 Å². The van der Waals surface area contributed by atoms with Crippen LogP contribution in [-0.2, 0) is 9.47 Å². The minimum atomic E-state index is 0.261. The van der Waals surface area contributed by atoms with Gasteiger partial charge in [-0.3, -0.25) is 16.2 Å². The molecule has 0 spiro atoms. The van der Waals surface area contributed by atoms with E-state index in [0.29, 0.717) is 6.04 Å². The second kappa shape index (κ2) is 7.38. The Labute approximate surface area is 128 Å². The fourth-order valence-corrected chi connectivity index (χ4v) is 4.64. The molecule has 3 fully saturated rings. The van der Waals surface area contributed by atoms with E-state index >= 15 is 0 Å². The van der Waals surface area contributed by atoms with Crippen molar-refractivity contribution in [3.05, 3.63) is 0 Å². The SMILES string of the molecule is NNC(CC1CCOCC1)C1(N2CCOCC2)CCCC1. The summed E-state index contributed by atoms with van der Waals surface area (Å²) in [6.45, 7) is 5.71. The van der Waals surface area contributed by atoms with Gasteiger partial charge in [0.25, 0.3) is 0 Å². The third-order valence-corrected chi connectivity index (χ3v) is 5.87. The molecule has 1 saturated carbocycles. The van der Waals surface area contributed by atoms with Crippen LogP contribution >= 0.6 is 0 Å². The molecule has 1 unspecified atom stereocenters. The Hall–Kier alpha value is -0.200. The maximum Gasteiger partial charge on any atom is 0.0594 e. The van der Waals surface area contributed by atoms with Gasteiger partial charge < -0.3 is 9.47 Å². The zero-order valence-electron chi connectivity index (χ0n) is 13.2. The predicted molar refractivity (Wildman–Crippen MR) is 82.9 cm³/mol. The van der Waals surface area contributed by atoms with Gasteiger partial charge in [-0.15, -0.1) is 0 Å². The third kappa shape index (κ3) is 3.42. The van der Waals surface area contributed by atoms with Crippen molar-refractivity contribution < 1.29 is 9.47 Å². The molecular formula is C16H31N3O2. The Morgan fingerprint density at radius 2 is 1.67 bits per heavy atom. The van der Waals surface area contributed by atoms with Crippen molar-refractivity contribution in [2.75, 3.05) is 39.5 Å². The Kier molecular flexibility index (Phi) is 5.51. The van der Waals surface area contributed by atoms with Gasteiger partial charge in [0, 0.05) is 37.9 Å². The number of nitrogens with zero attached hydrogens (tertiary/aromatic N) is 1. The van der Waals surface area contributed by atoms with Crippen molar-refractivity contribution in [2.45, 2.75) is 56.5 Å². The van der Waals surface area contributed by atoms with Crippen LogP contribution < -0.4 is 11.3 Å². The minimum Gasteiger partial charge on any atom is -0.381 e. The Balaban J connectivity index is 1.70. The highest BCUT2D eigenvalue weighted by Crippen LogP contribution is 2.41. The average Bonchev–Trinajstić information content (AvgIpc) is 3.05. The topological polar surface area (TPSA) is 59.8 Å². The molecule has 0 aromatic carbocycles. The summed E-state index contributed by atoms with van der Waals surface area (Å²) < 4.78 is 11.1. The molecule has 122 valence electrons. The lowest BCUT2D eigenvalue weighted by Crippen LogP contribution is -2.64. The first kappa shape index (κ1) is 15.7. The summed E-state index contributed by atoms with van der Waals surface area (Å²) in [6.07, 6.45) is 8.81. The molecule has 1 atom stereocenters. The van der Waals surface area contributed by atoms with Crippen molar-refractivity contribution in [2.24, 2.45) is 11.8 Å². The van der Waals surface area contributed by atoms with Crippen LogP contribution in [0.4, 0.5) is 0 Å². The van der Waals surface area contributed by atoms with Crippen molar-refractivity contribution in [3.63, 3.8) is 0 Å². The van der Waals surface area contributed by atoms with E-state index in [1.165, 1.54) is 44.9 Å². The molecule has 2 heterocycles. The molecule has 2 aliphatic heterocycles. The quantitative estimate of drug-likeness (QED) is 0.591.